The van der Waals surface area contributed by atoms with Gasteiger partial charge in [0.2, 0.25) is 0 Å². The fraction of sp³-hybridized carbons (Fsp3) is 0.304. The number of carbonyl (C=O) groups excluding carboxylic acids is 1. The molecule has 1 aliphatic rings. The zero-order chi connectivity index (χ0) is 22.3. The maximum absolute atomic E-state index is 12.0. The van der Waals surface area contributed by atoms with E-state index in [0.29, 0.717) is 57.9 Å². The molecule has 160 valence electrons. The molecule has 0 saturated heterocycles. The van der Waals surface area contributed by atoms with Crippen LogP contribution < -0.4 is 14.8 Å². The van der Waals surface area contributed by atoms with Crippen molar-refractivity contribution in [2.24, 2.45) is 4.99 Å². The van der Waals surface area contributed by atoms with Crippen LogP contribution in [-0.2, 0) is 6.42 Å². The van der Waals surface area contributed by atoms with E-state index >= 15 is 0 Å². The van der Waals surface area contributed by atoms with Gasteiger partial charge in [-0.05, 0) is 31.2 Å². The molecular formula is C23H28ClN3O3. The van der Waals surface area contributed by atoms with E-state index in [1.807, 2.05) is 20.8 Å². The lowest BCUT2D eigenvalue weighted by Gasteiger charge is -2.13. The molecule has 1 aromatic carbocycles. The minimum Gasteiger partial charge on any atom is -0.491 e. The topological polar surface area (TPSA) is 75.7 Å². The number of amides is 1. The maximum atomic E-state index is 12.0. The van der Waals surface area contributed by atoms with Gasteiger partial charge in [-0.3, -0.25) is 4.79 Å². The zero-order valence-corrected chi connectivity index (χ0v) is 18.7. The van der Waals surface area contributed by atoms with Crippen LogP contribution in [0.25, 0.3) is 5.70 Å². The highest BCUT2D eigenvalue weighted by Gasteiger charge is 2.21. The van der Waals surface area contributed by atoms with Crippen molar-refractivity contribution in [3.63, 3.8) is 0 Å². The molecule has 30 heavy (non-hydrogen) atoms. The van der Waals surface area contributed by atoms with Gasteiger partial charge in [0.1, 0.15) is 0 Å². The molecule has 0 spiro atoms. The van der Waals surface area contributed by atoms with Gasteiger partial charge in [0, 0.05) is 24.2 Å². The summed E-state index contributed by atoms with van der Waals surface area (Å²) in [5.41, 5.74) is 4.00. The minimum atomic E-state index is -0.0886. The molecule has 2 heterocycles. The highest BCUT2D eigenvalue weighted by molar-refractivity contribution is 6.32. The van der Waals surface area contributed by atoms with Crippen LogP contribution in [0.2, 0.25) is 5.02 Å². The van der Waals surface area contributed by atoms with Crippen LogP contribution in [0.1, 0.15) is 48.1 Å². The van der Waals surface area contributed by atoms with Crippen LogP contribution in [0.4, 0.5) is 0 Å². The van der Waals surface area contributed by atoms with Crippen molar-refractivity contribution in [1.29, 1.82) is 0 Å². The lowest BCUT2D eigenvalue weighted by molar-refractivity contribution is 0.0946. The van der Waals surface area contributed by atoms with Gasteiger partial charge in [-0.15, -0.1) is 0 Å². The molecule has 0 bridgehead atoms. The third-order valence-corrected chi connectivity index (χ3v) is 4.66. The Balaban J connectivity index is 0.00000155. The summed E-state index contributed by atoms with van der Waals surface area (Å²) >= 11 is 6.32. The van der Waals surface area contributed by atoms with E-state index in [4.69, 9.17) is 21.1 Å². The number of allylic oxidation sites excluding steroid dienone is 1. The fourth-order valence-electron chi connectivity index (χ4n) is 3.05. The quantitative estimate of drug-likeness (QED) is 0.606. The number of nitrogens with zero attached hydrogens (tertiary/aromatic N) is 1. The van der Waals surface area contributed by atoms with Gasteiger partial charge in [0.05, 0.1) is 41.4 Å². The van der Waals surface area contributed by atoms with Crippen molar-refractivity contribution in [2.45, 2.75) is 27.2 Å². The van der Waals surface area contributed by atoms with Gasteiger partial charge < -0.3 is 19.8 Å². The number of aromatic nitrogens is 1. The molecule has 0 radical (unpaired) electrons. The average molecular weight is 430 g/mol. The number of aromatic amines is 1. The summed E-state index contributed by atoms with van der Waals surface area (Å²) < 4.78 is 10.9. The molecule has 1 aliphatic heterocycles. The number of carbonyl (C=O) groups is 1. The van der Waals surface area contributed by atoms with E-state index in [1.165, 1.54) is 7.11 Å². The third-order valence-electron chi connectivity index (χ3n) is 4.38. The van der Waals surface area contributed by atoms with Gasteiger partial charge in [-0.1, -0.05) is 38.6 Å². The monoisotopic (exact) mass is 429 g/mol. The van der Waals surface area contributed by atoms with Crippen LogP contribution in [0.15, 0.2) is 42.4 Å². The van der Waals surface area contributed by atoms with Crippen LogP contribution in [0, 0.1) is 0 Å². The Hall–Kier alpha value is -2.99. The second-order valence-corrected chi connectivity index (χ2v) is 6.56. The largest absolute Gasteiger partial charge is 0.491 e. The lowest BCUT2D eigenvalue weighted by atomic mass is 10.1. The molecule has 7 heteroatoms. The molecule has 0 saturated carbocycles. The first kappa shape index (κ1) is 23.3. The van der Waals surface area contributed by atoms with Crippen molar-refractivity contribution in [2.75, 3.05) is 20.3 Å². The summed E-state index contributed by atoms with van der Waals surface area (Å²) in [7, 11) is 1.54. The van der Waals surface area contributed by atoms with E-state index in [9.17, 15) is 4.79 Å². The smallest absolute Gasteiger partial charge is 0.253 e. The van der Waals surface area contributed by atoms with E-state index < -0.39 is 0 Å². The van der Waals surface area contributed by atoms with E-state index in [0.717, 1.165) is 12.1 Å². The van der Waals surface area contributed by atoms with Gasteiger partial charge in [0.25, 0.3) is 5.91 Å². The van der Waals surface area contributed by atoms with Gasteiger partial charge in [-0.2, -0.15) is 0 Å². The third kappa shape index (κ3) is 4.94. The SMILES string of the molecule is C=CC(=NC(=C)c1cc(Cl)c(OC)c(OCC)c1)c1cc2c([nH]1)CCNC2=O.CC. The van der Waals surface area contributed by atoms with Crippen LogP contribution in [-0.4, -0.2) is 36.9 Å². The molecule has 6 nitrogen and oxygen atoms in total. The molecule has 3 rings (SSSR count). The normalized spacial score (nSPS) is 12.8. The van der Waals surface area contributed by atoms with Gasteiger partial charge in [0.15, 0.2) is 11.5 Å². The van der Waals surface area contributed by atoms with Crippen molar-refractivity contribution >= 4 is 28.9 Å². The van der Waals surface area contributed by atoms with Crippen molar-refractivity contribution in [3.05, 3.63) is 65.0 Å². The number of fused-ring (bicyclic) bond motifs is 1. The maximum Gasteiger partial charge on any atom is 0.253 e. The van der Waals surface area contributed by atoms with Gasteiger partial charge >= 0.3 is 0 Å². The minimum absolute atomic E-state index is 0.0886. The predicted molar refractivity (Wildman–Crippen MR) is 123 cm³/mol. The summed E-state index contributed by atoms with van der Waals surface area (Å²) in [6.07, 6.45) is 2.37. The standard InChI is InChI=1S/C21H22ClN3O3.C2H6/c1-5-16(18-11-14-17(25-18)7-8-23-21(14)26)24-12(3)13-9-15(22)20(27-4)19(10-13)28-6-2;1-2/h5,9-11,25H,1,3,6-8H2,2,4H3,(H,23,26);1-2H3. The number of benzene rings is 1. The molecule has 0 fully saturated rings. The number of H-pyrrole nitrogens is 1. The Labute approximate surface area is 182 Å². The Bertz CT molecular complexity index is 976. The van der Waals surface area contributed by atoms with Crippen molar-refractivity contribution in [3.8, 4) is 11.5 Å². The first-order chi connectivity index (χ1) is 14.5. The lowest BCUT2D eigenvalue weighted by Crippen LogP contribution is -2.31. The number of ether oxygens (including phenoxy) is 2. The predicted octanol–water partition coefficient (Wildman–Crippen LogP) is 5.03. The van der Waals surface area contributed by atoms with Crippen LogP contribution >= 0.6 is 11.6 Å². The van der Waals surface area contributed by atoms with Gasteiger partial charge in [-0.25, -0.2) is 4.99 Å². The summed E-state index contributed by atoms with van der Waals surface area (Å²) in [5, 5.41) is 3.24. The number of methoxy groups -OCH3 is 1. The molecule has 2 aromatic rings. The summed E-state index contributed by atoms with van der Waals surface area (Å²) in [6.45, 7) is 14.9. The second kappa shape index (κ2) is 10.7. The Morgan fingerprint density at radius 2 is 2.07 bits per heavy atom. The molecule has 0 atom stereocenters. The van der Waals surface area contributed by atoms with Crippen molar-refractivity contribution < 1.29 is 14.3 Å². The molecular weight excluding hydrogens is 402 g/mol. The Morgan fingerprint density at radius 3 is 2.67 bits per heavy atom. The summed E-state index contributed by atoms with van der Waals surface area (Å²) in [5.74, 6) is 0.904. The first-order valence-corrected chi connectivity index (χ1v) is 10.3. The highest BCUT2D eigenvalue weighted by Crippen LogP contribution is 2.38. The average Bonchev–Trinajstić information content (AvgIpc) is 3.19. The van der Waals surface area contributed by atoms with E-state index in [-0.39, 0.29) is 5.91 Å². The summed E-state index contributed by atoms with van der Waals surface area (Å²) in [4.78, 5) is 19.8. The number of aliphatic imine (C=N–C) groups is 1. The fourth-order valence-corrected chi connectivity index (χ4v) is 3.34. The number of halogens is 1. The van der Waals surface area contributed by atoms with E-state index in [2.05, 4.69) is 28.5 Å². The number of rotatable bonds is 7. The van der Waals surface area contributed by atoms with E-state index in [1.54, 1.807) is 24.3 Å². The second-order valence-electron chi connectivity index (χ2n) is 6.15. The molecule has 0 unspecified atom stereocenters. The molecule has 1 amide bonds. The summed E-state index contributed by atoms with van der Waals surface area (Å²) in [6, 6.07) is 5.29. The number of hydrogen-bond donors (Lipinski definition) is 2. The molecule has 2 N–H and O–H groups in total. The van der Waals surface area contributed by atoms with Crippen molar-refractivity contribution in [1.82, 2.24) is 10.3 Å². The molecule has 1 aromatic heterocycles. The Morgan fingerprint density at radius 1 is 1.33 bits per heavy atom. The Kier molecular flexibility index (Phi) is 8.30. The first-order valence-electron chi connectivity index (χ1n) is 9.89. The molecule has 0 aliphatic carbocycles. The van der Waals surface area contributed by atoms with Crippen LogP contribution in [0.5, 0.6) is 11.5 Å². The zero-order valence-electron chi connectivity index (χ0n) is 17.9. The highest BCUT2D eigenvalue weighted by atomic mass is 35.5. The number of nitrogens with one attached hydrogen (secondary N) is 2. The number of hydrogen-bond acceptors (Lipinski definition) is 4. The van der Waals surface area contributed by atoms with Crippen LogP contribution in [0.3, 0.4) is 0 Å².